The number of H-pyrrole nitrogens is 2. The molecule has 142 valence electrons. The van der Waals surface area contributed by atoms with Gasteiger partial charge in [0.2, 0.25) is 5.91 Å². The molecule has 4 aromatic rings. The molecule has 4 rings (SSSR count). The highest BCUT2D eigenvalue weighted by Crippen LogP contribution is 2.26. The normalized spacial score (nSPS) is 12.2. The van der Waals surface area contributed by atoms with Crippen molar-refractivity contribution < 1.29 is 4.79 Å². The minimum atomic E-state index is -0.355. The molecule has 0 aliphatic rings. The Balaban J connectivity index is 1.49. The van der Waals surface area contributed by atoms with E-state index in [0.717, 1.165) is 16.4 Å². The monoisotopic (exact) mass is 393 g/mol. The quantitative estimate of drug-likeness (QED) is 0.453. The van der Waals surface area contributed by atoms with Crippen LogP contribution in [0.15, 0.2) is 64.8 Å². The van der Waals surface area contributed by atoms with Gasteiger partial charge in [-0.3, -0.25) is 9.36 Å². The fourth-order valence-corrected chi connectivity index (χ4v) is 3.80. The molecule has 0 radical (unpaired) electrons. The molecule has 3 N–H and O–H groups in total. The number of carbonyl (C=O) groups excluding carboxylic acids is 1. The van der Waals surface area contributed by atoms with E-state index in [-0.39, 0.29) is 16.8 Å². The van der Waals surface area contributed by atoms with Gasteiger partial charge in [-0.15, -0.1) is 0 Å². The van der Waals surface area contributed by atoms with Gasteiger partial charge in [-0.25, -0.2) is 9.78 Å². The van der Waals surface area contributed by atoms with E-state index in [1.807, 2.05) is 42.8 Å². The molecule has 1 atom stereocenters. The first kappa shape index (κ1) is 18.1. The van der Waals surface area contributed by atoms with Gasteiger partial charge in [0.1, 0.15) is 0 Å². The van der Waals surface area contributed by atoms with Gasteiger partial charge in [0, 0.05) is 23.8 Å². The topological polar surface area (TPSA) is 95.6 Å². The molecule has 2 heterocycles. The Morgan fingerprint density at radius 2 is 2.00 bits per heavy atom. The summed E-state index contributed by atoms with van der Waals surface area (Å²) in [7, 11) is 0. The zero-order valence-electron chi connectivity index (χ0n) is 15.4. The summed E-state index contributed by atoms with van der Waals surface area (Å²) in [6.07, 6.45) is 3.61. The molecule has 1 unspecified atom stereocenters. The molecule has 1 amide bonds. The average Bonchev–Trinajstić information content (AvgIpc) is 3.26. The molecule has 7 nitrogen and oxygen atoms in total. The number of nitrogens with one attached hydrogen (secondary N) is 3. The molecule has 0 aliphatic heterocycles. The first-order valence-corrected chi connectivity index (χ1v) is 9.67. The number of benzene rings is 2. The molecule has 0 saturated carbocycles. The highest BCUT2D eigenvalue weighted by molar-refractivity contribution is 8.00. The number of aromatic nitrogens is 4. The summed E-state index contributed by atoms with van der Waals surface area (Å²) in [4.78, 5) is 33.8. The second-order valence-corrected chi connectivity index (χ2v) is 7.82. The molecule has 2 aromatic heterocycles. The van der Waals surface area contributed by atoms with Gasteiger partial charge in [0.05, 0.1) is 16.3 Å². The summed E-state index contributed by atoms with van der Waals surface area (Å²) in [6, 6.07) is 13.4. The van der Waals surface area contributed by atoms with E-state index >= 15 is 0 Å². The van der Waals surface area contributed by atoms with E-state index < -0.39 is 0 Å². The smallest absolute Gasteiger partial charge is 0.323 e. The molecule has 0 spiro atoms. The number of aromatic amines is 2. The predicted octanol–water partition coefficient (Wildman–Crippen LogP) is 3.47. The summed E-state index contributed by atoms with van der Waals surface area (Å²) in [5.41, 5.74) is 3.87. The Morgan fingerprint density at radius 3 is 2.82 bits per heavy atom. The van der Waals surface area contributed by atoms with Crippen molar-refractivity contribution in [3.63, 3.8) is 0 Å². The van der Waals surface area contributed by atoms with Crippen LogP contribution in [-0.4, -0.2) is 30.7 Å². The third-order valence-corrected chi connectivity index (χ3v) is 5.40. The predicted molar refractivity (Wildman–Crippen MR) is 111 cm³/mol. The first-order chi connectivity index (χ1) is 13.5. The Kier molecular flexibility index (Phi) is 4.79. The number of amides is 1. The Morgan fingerprint density at radius 1 is 1.18 bits per heavy atom. The molecular formula is C20H19N5O2S. The number of imidazole rings is 2. The third-order valence-electron chi connectivity index (χ3n) is 4.32. The van der Waals surface area contributed by atoms with E-state index in [4.69, 9.17) is 0 Å². The number of aryl methyl sites for hydroxylation is 1. The largest absolute Gasteiger partial charge is 0.325 e. The van der Waals surface area contributed by atoms with E-state index in [0.29, 0.717) is 16.7 Å². The number of hydrogen-bond acceptors (Lipinski definition) is 4. The molecule has 28 heavy (non-hydrogen) atoms. The molecule has 2 aromatic carbocycles. The van der Waals surface area contributed by atoms with E-state index in [2.05, 4.69) is 26.3 Å². The number of thioether (sulfide) groups is 1. The third kappa shape index (κ3) is 3.72. The van der Waals surface area contributed by atoms with Crippen molar-refractivity contribution in [1.82, 2.24) is 19.5 Å². The molecular weight excluding hydrogens is 374 g/mol. The van der Waals surface area contributed by atoms with Gasteiger partial charge in [-0.05, 0) is 49.7 Å². The van der Waals surface area contributed by atoms with Crippen LogP contribution in [0.25, 0.3) is 16.7 Å². The van der Waals surface area contributed by atoms with Crippen LogP contribution in [0.3, 0.4) is 0 Å². The summed E-state index contributed by atoms with van der Waals surface area (Å²) in [5.74, 6) is -0.138. The van der Waals surface area contributed by atoms with Crippen molar-refractivity contribution in [1.29, 1.82) is 0 Å². The van der Waals surface area contributed by atoms with Crippen LogP contribution in [0.5, 0.6) is 0 Å². The molecule has 8 heteroatoms. The molecule has 0 saturated heterocycles. The average molecular weight is 393 g/mol. The van der Waals surface area contributed by atoms with Crippen LogP contribution >= 0.6 is 11.8 Å². The summed E-state index contributed by atoms with van der Waals surface area (Å²) in [6.45, 7) is 3.88. The van der Waals surface area contributed by atoms with Gasteiger partial charge in [0.25, 0.3) is 0 Å². The highest BCUT2D eigenvalue weighted by atomic mass is 32.2. The van der Waals surface area contributed by atoms with Crippen LogP contribution in [0.4, 0.5) is 5.69 Å². The van der Waals surface area contributed by atoms with E-state index in [9.17, 15) is 9.59 Å². The SMILES string of the molecule is Cc1cccc(-n2ccnc2SC(C)C(=O)Nc2ccc3[nH]c(=O)[nH]c3c2)c1. The van der Waals surface area contributed by atoms with Crippen molar-refractivity contribution in [2.24, 2.45) is 0 Å². The lowest BCUT2D eigenvalue weighted by atomic mass is 10.2. The minimum absolute atomic E-state index is 0.138. The number of anilines is 1. The Labute approximate surface area is 165 Å². The fourth-order valence-electron chi connectivity index (χ4n) is 2.92. The second-order valence-electron chi connectivity index (χ2n) is 6.51. The van der Waals surface area contributed by atoms with Crippen LogP contribution in [0, 0.1) is 6.92 Å². The van der Waals surface area contributed by atoms with Gasteiger partial charge in [-0.1, -0.05) is 23.9 Å². The van der Waals surface area contributed by atoms with Crippen molar-refractivity contribution in [3.05, 3.63) is 70.9 Å². The number of rotatable bonds is 5. The van der Waals surface area contributed by atoms with Gasteiger partial charge < -0.3 is 15.3 Å². The summed E-state index contributed by atoms with van der Waals surface area (Å²) >= 11 is 1.39. The Hall–Kier alpha value is -3.26. The lowest BCUT2D eigenvalue weighted by molar-refractivity contribution is -0.115. The van der Waals surface area contributed by atoms with E-state index in [1.54, 1.807) is 24.4 Å². The van der Waals surface area contributed by atoms with Crippen LogP contribution in [0.1, 0.15) is 12.5 Å². The van der Waals surface area contributed by atoms with Crippen LogP contribution < -0.4 is 11.0 Å². The zero-order valence-corrected chi connectivity index (χ0v) is 16.2. The van der Waals surface area contributed by atoms with Crippen LogP contribution in [0.2, 0.25) is 0 Å². The zero-order chi connectivity index (χ0) is 19.7. The van der Waals surface area contributed by atoms with Crippen molar-refractivity contribution in [2.45, 2.75) is 24.3 Å². The standard InChI is InChI=1S/C20H19N5O2S/c1-12-4-3-5-15(10-12)25-9-8-21-20(25)28-13(2)18(26)22-14-6-7-16-17(11-14)24-19(27)23-16/h3-11,13H,1-2H3,(H,22,26)(H2,23,24,27). The number of carbonyl (C=O) groups is 1. The van der Waals surface area contributed by atoms with Gasteiger partial charge >= 0.3 is 5.69 Å². The van der Waals surface area contributed by atoms with Gasteiger partial charge in [-0.2, -0.15) is 0 Å². The summed E-state index contributed by atoms with van der Waals surface area (Å²) in [5, 5.41) is 3.29. The van der Waals surface area contributed by atoms with Crippen molar-refractivity contribution >= 4 is 34.4 Å². The first-order valence-electron chi connectivity index (χ1n) is 8.79. The molecule has 0 fully saturated rings. The number of hydrogen-bond donors (Lipinski definition) is 3. The van der Waals surface area contributed by atoms with Crippen molar-refractivity contribution in [2.75, 3.05) is 5.32 Å². The lowest BCUT2D eigenvalue weighted by Crippen LogP contribution is -2.22. The Bertz CT molecular complexity index is 1210. The maximum Gasteiger partial charge on any atom is 0.323 e. The van der Waals surface area contributed by atoms with Crippen molar-refractivity contribution in [3.8, 4) is 5.69 Å². The molecule has 0 aliphatic carbocycles. The summed E-state index contributed by atoms with van der Waals surface area (Å²) < 4.78 is 1.97. The maximum atomic E-state index is 12.6. The number of nitrogens with zero attached hydrogens (tertiary/aromatic N) is 2. The fraction of sp³-hybridized carbons (Fsp3) is 0.150. The maximum absolute atomic E-state index is 12.6. The minimum Gasteiger partial charge on any atom is -0.325 e. The second kappa shape index (κ2) is 7.40. The number of fused-ring (bicyclic) bond motifs is 1. The van der Waals surface area contributed by atoms with Crippen LogP contribution in [-0.2, 0) is 4.79 Å². The van der Waals surface area contributed by atoms with Gasteiger partial charge in [0.15, 0.2) is 5.16 Å². The highest BCUT2D eigenvalue weighted by Gasteiger charge is 2.18. The molecule has 0 bridgehead atoms. The van der Waals surface area contributed by atoms with E-state index in [1.165, 1.54) is 11.8 Å². The lowest BCUT2D eigenvalue weighted by Gasteiger charge is -2.13.